The Hall–Kier alpha value is -6.69. The topological polar surface area (TPSA) is 131 Å². The van der Waals surface area contributed by atoms with Gasteiger partial charge in [0, 0.05) is 12.4 Å². The van der Waals surface area contributed by atoms with E-state index in [2.05, 4.69) is 233 Å². The first-order chi connectivity index (χ1) is 29.8. The number of rotatable bonds is 8. The first-order valence-corrected chi connectivity index (χ1v) is 22.1. The summed E-state index contributed by atoms with van der Waals surface area (Å²) >= 11 is 0. The van der Waals surface area contributed by atoms with Gasteiger partial charge >= 0.3 is 21.1 Å². The molecule has 0 fully saturated rings. The zero-order chi connectivity index (χ0) is 40.9. The maximum Gasteiger partial charge on any atom is 2.00 e. The van der Waals surface area contributed by atoms with Gasteiger partial charge in [0.1, 0.15) is 31.8 Å². The molecule has 4 heterocycles. The van der Waals surface area contributed by atoms with Crippen LogP contribution in [0.5, 0.6) is 0 Å². The minimum atomic E-state index is -0.877. The molecule has 0 bridgehead atoms. The average Bonchev–Trinajstić information content (AvgIpc) is 4.10. The Balaban J connectivity index is 0.000000140. The molecule has 0 unspecified atom stereocenters. The molecule has 0 saturated carbocycles. The second kappa shape index (κ2) is 24.4. The average molecular weight is 1010 g/mol. The van der Waals surface area contributed by atoms with Crippen molar-refractivity contribution < 1.29 is 21.1 Å². The summed E-state index contributed by atoms with van der Waals surface area (Å²) in [6.07, 6.45) is 3.34. The molecule has 6 aromatic carbocycles. The minimum absolute atomic E-state index is 0. The van der Waals surface area contributed by atoms with Crippen molar-refractivity contribution in [2.75, 3.05) is 0 Å². The third-order valence-corrected chi connectivity index (χ3v) is 14.3. The number of nitrogens with zero attached hydrogens (tertiary/aromatic N) is 10. The maximum absolute atomic E-state index is 4.02. The van der Waals surface area contributed by atoms with Gasteiger partial charge < -0.3 is 10.2 Å². The number of aromatic nitrogens is 10. The van der Waals surface area contributed by atoms with Crippen molar-refractivity contribution in [3.8, 4) is 23.0 Å². The van der Waals surface area contributed by atoms with Gasteiger partial charge in [-0.2, -0.15) is 5.21 Å². The number of tetrazole rings is 2. The Morgan fingerprint density at radius 1 is 0.344 bits per heavy atom. The molecule has 0 spiro atoms. The Morgan fingerprint density at radius 2 is 0.689 bits per heavy atom. The second-order valence-electron chi connectivity index (χ2n) is 12.8. The van der Waals surface area contributed by atoms with Crippen molar-refractivity contribution in [2.24, 2.45) is 0 Å². The van der Waals surface area contributed by atoms with E-state index < -0.39 is 15.8 Å². The summed E-state index contributed by atoms with van der Waals surface area (Å²) < 4.78 is 0. The molecule has 10 aromatic rings. The quantitative estimate of drug-likeness (QED) is 0.164. The van der Waals surface area contributed by atoms with Crippen LogP contribution in [0, 0.1) is 0 Å². The van der Waals surface area contributed by atoms with Crippen molar-refractivity contribution >= 4 is 47.7 Å². The molecule has 0 aliphatic heterocycles. The molecule has 10 rings (SSSR count). The van der Waals surface area contributed by atoms with Crippen molar-refractivity contribution in [1.82, 2.24) is 51.2 Å². The molecule has 300 valence electrons. The molecule has 0 radical (unpaired) electrons. The predicted octanol–water partition coefficient (Wildman–Crippen LogP) is 6.13. The van der Waals surface area contributed by atoms with Crippen LogP contribution in [0.3, 0.4) is 0 Å². The molecule has 0 aliphatic carbocycles. The first-order valence-electron chi connectivity index (χ1n) is 19.1. The Morgan fingerprint density at radius 3 is 0.967 bits per heavy atom. The van der Waals surface area contributed by atoms with Gasteiger partial charge in [-0.25, -0.2) is 5.10 Å². The Bertz CT molecular complexity index is 2250. The Labute approximate surface area is 371 Å². The van der Waals surface area contributed by atoms with Crippen LogP contribution in [0.15, 0.2) is 231 Å². The van der Waals surface area contributed by atoms with Crippen molar-refractivity contribution in [3.05, 3.63) is 231 Å². The third-order valence-electron chi connectivity index (χ3n) is 8.80. The van der Waals surface area contributed by atoms with Crippen LogP contribution in [0.1, 0.15) is 0 Å². The smallest absolute Gasteiger partial charge is 0.329 e. The van der Waals surface area contributed by atoms with E-state index in [-0.39, 0.29) is 21.1 Å². The summed E-state index contributed by atoms with van der Waals surface area (Å²) in [5, 5.41) is 36.6. The van der Waals surface area contributed by atoms with E-state index in [0.29, 0.717) is 23.0 Å². The summed E-state index contributed by atoms with van der Waals surface area (Å²) in [6, 6.07) is 76.0. The van der Waals surface area contributed by atoms with E-state index in [1.165, 1.54) is 31.8 Å². The fraction of sp³-hybridized carbons (Fsp3) is 0. The van der Waals surface area contributed by atoms with E-state index >= 15 is 0 Å². The maximum atomic E-state index is 4.02. The number of hydrogen-bond donors (Lipinski definition) is 0. The van der Waals surface area contributed by atoms with Gasteiger partial charge in [-0.3, -0.25) is 30.7 Å². The fourth-order valence-corrected chi connectivity index (χ4v) is 11.3. The van der Waals surface area contributed by atoms with Crippen molar-refractivity contribution in [3.63, 3.8) is 0 Å². The normalized spacial score (nSPS) is 10.1. The van der Waals surface area contributed by atoms with E-state index in [1.54, 1.807) is 24.5 Å². The van der Waals surface area contributed by atoms with E-state index in [9.17, 15) is 0 Å². The van der Waals surface area contributed by atoms with Gasteiger partial charge in [0.2, 0.25) is 0 Å². The third kappa shape index (κ3) is 13.1. The van der Waals surface area contributed by atoms with E-state index in [1.807, 2.05) is 24.3 Å². The van der Waals surface area contributed by atoms with Crippen LogP contribution in [-0.2, 0) is 21.1 Å². The molecule has 0 atom stereocenters. The van der Waals surface area contributed by atoms with Gasteiger partial charge in [-0.15, -0.1) is 0 Å². The SMILES string of the molecule is [Pt+2].c1ccc(-c2nn[n-]n2)nc1.c1ccc(-c2nnn[n-]2)nc1.c1ccc([PH+](c2ccccc2)c2ccccc2)cc1.c1ccc([PH+](c2ccccc2)c2ccccc2)cc1. The molecule has 61 heavy (non-hydrogen) atoms. The van der Waals surface area contributed by atoms with Gasteiger partial charge in [0.15, 0.2) is 0 Å². The molecule has 0 saturated heterocycles. The van der Waals surface area contributed by atoms with Crippen LogP contribution in [-0.4, -0.2) is 40.9 Å². The predicted molar refractivity (Wildman–Crippen MR) is 246 cm³/mol. The summed E-state index contributed by atoms with van der Waals surface area (Å²) in [7, 11) is -1.75. The van der Waals surface area contributed by atoms with Gasteiger partial charge in [-0.05, 0) is 97.1 Å². The largest absolute Gasteiger partial charge is 2.00 e. The number of pyridine rings is 2. The van der Waals surface area contributed by atoms with Gasteiger partial charge in [0.25, 0.3) is 0 Å². The molecule has 0 aliphatic rings. The van der Waals surface area contributed by atoms with Gasteiger partial charge in [0.05, 0.1) is 38.9 Å². The minimum Gasteiger partial charge on any atom is -0.329 e. The summed E-state index contributed by atoms with van der Waals surface area (Å²) in [5.41, 5.74) is 1.38. The summed E-state index contributed by atoms with van der Waals surface area (Å²) in [5.74, 6) is 0.927. The van der Waals surface area contributed by atoms with Crippen LogP contribution in [0.25, 0.3) is 23.0 Å². The van der Waals surface area contributed by atoms with E-state index in [0.717, 1.165) is 0 Å². The second-order valence-corrected chi connectivity index (χ2v) is 17.7. The van der Waals surface area contributed by atoms with Crippen LogP contribution < -0.4 is 42.1 Å². The zero-order valence-electron chi connectivity index (χ0n) is 32.7. The fourth-order valence-electron chi connectivity index (χ4n) is 6.11. The monoisotopic (exact) mass is 1010 g/mol. The van der Waals surface area contributed by atoms with Crippen LogP contribution >= 0.6 is 15.8 Å². The standard InChI is InChI=1S/2C18H15P.2C6H4N5.Pt/c2*1-4-10-16(11-5-1)19(17-12-6-2-7-13-17)18-14-8-3-9-15-18;2*1-2-4-7-5(3-1)6-8-10-11-9-6;/h2*1-15H;2*1-4H;/q;;2*-1;+2/p+2. The molecule has 13 heteroatoms. The van der Waals surface area contributed by atoms with Crippen molar-refractivity contribution in [2.45, 2.75) is 0 Å². The van der Waals surface area contributed by atoms with Gasteiger partial charge in [-0.1, -0.05) is 121 Å². The van der Waals surface area contributed by atoms with E-state index in [4.69, 9.17) is 0 Å². The molecule has 4 aromatic heterocycles. The number of hydrogen-bond acceptors (Lipinski definition) is 8. The molecule has 10 nitrogen and oxygen atoms in total. The molecule has 0 amide bonds. The van der Waals surface area contributed by atoms with Crippen LogP contribution in [0.2, 0.25) is 0 Å². The Kier molecular flexibility index (Phi) is 17.6. The molecule has 0 N–H and O–H groups in total. The molecular formula is C48H40N10P2Pt+2. The summed E-state index contributed by atoms with van der Waals surface area (Å²) in [4.78, 5) is 8.03. The zero-order valence-corrected chi connectivity index (χ0v) is 37.0. The summed E-state index contributed by atoms with van der Waals surface area (Å²) in [6.45, 7) is 0. The van der Waals surface area contributed by atoms with Crippen LogP contribution in [0.4, 0.5) is 0 Å². The molecular weight excluding hydrogens is 974 g/mol. The first kappa shape index (κ1) is 43.9. The van der Waals surface area contributed by atoms with Crippen molar-refractivity contribution in [1.29, 1.82) is 0 Å². The number of benzene rings is 6.